The Balaban J connectivity index is 1.92. The van der Waals surface area contributed by atoms with Gasteiger partial charge in [0.2, 0.25) is 7.09 Å². The lowest BCUT2D eigenvalue weighted by Crippen LogP contribution is -2.03. The van der Waals surface area contributed by atoms with Gasteiger partial charge in [0.05, 0.1) is 13.2 Å². The summed E-state index contributed by atoms with van der Waals surface area (Å²) in [6.45, 7) is 0. The fraction of sp³-hybridized carbons (Fsp3) is 0.222. The number of aliphatic hydroxyl groups is 1. The Morgan fingerprint density at radius 1 is 1.26 bits per heavy atom. The summed E-state index contributed by atoms with van der Waals surface area (Å²) in [5, 5.41) is 10.1. The minimum atomic E-state index is -0.499. The molecule has 0 saturated heterocycles. The number of methoxy groups -OCH3 is 1. The van der Waals surface area contributed by atoms with Crippen LogP contribution in [0.15, 0.2) is 54.6 Å². The van der Waals surface area contributed by atoms with Gasteiger partial charge in [0.15, 0.2) is 11.5 Å². The van der Waals surface area contributed by atoms with E-state index in [1.54, 1.807) is 19.3 Å². The van der Waals surface area contributed by atoms with E-state index in [2.05, 4.69) is 12.1 Å². The molecule has 2 aromatic rings. The summed E-state index contributed by atoms with van der Waals surface area (Å²) >= 11 is 0.923. The van der Waals surface area contributed by atoms with Crippen molar-refractivity contribution in [1.82, 2.24) is 0 Å². The molecule has 0 amide bonds. The summed E-state index contributed by atoms with van der Waals surface area (Å²) in [5.74, 6) is 1.15. The Morgan fingerprint density at radius 2 is 2.09 bits per heavy atom. The highest BCUT2D eigenvalue weighted by atomic mass is 32.2. The van der Waals surface area contributed by atoms with Crippen molar-refractivity contribution in [2.24, 2.45) is 0 Å². The highest BCUT2D eigenvalue weighted by Crippen LogP contribution is 2.30. The lowest BCUT2D eigenvalue weighted by atomic mass is 10.1. The zero-order valence-corrected chi connectivity index (χ0v) is 13.8. The third-order valence-corrected chi connectivity index (χ3v) is 3.68. The van der Waals surface area contributed by atoms with Crippen LogP contribution in [0.3, 0.4) is 0 Å². The maximum Gasteiger partial charge on any atom is 0.227 e. The van der Waals surface area contributed by atoms with Crippen LogP contribution in [-0.2, 0) is 6.42 Å². The molecule has 1 N–H and O–H groups in total. The van der Waals surface area contributed by atoms with Crippen LogP contribution in [0.25, 0.3) is 6.08 Å². The third kappa shape index (κ3) is 5.69. The average Bonchev–Trinajstić information content (AvgIpc) is 2.64. The fourth-order valence-electron chi connectivity index (χ4n) is 2.19. The average molecular weight is 329 g/mol. The molecule has 119 valence electrons. The molecule has 5 heteroatoms. The van der Waals surface area contributed by atoms with Crippen molar-refractivity contribution < 1.29 is 14.0 Å². The number of aliphatic hydroxyl groups excluding tert-OH is 1. The first-order valence-electron chi connectivity index (χ1n) is 7.92. The Morgan fingerprint density at radius 3 is 2.83 bits per heavy atom. The molecule has 23 heavy (non-hydrogen) atoms. The number of hydrogen-bond donors (Lipinski definition) is 1. The minimum Gasteiger partial charge on any atom is -0.493 e. The molecule has 1 unspecified atom stereocenters. The van der Waals surface area contributed by atoms with Gasteiger partial charge in [0, 0.05) is 0 Å². The van der Waals surface area contributed by atoms with Gasteiger partial charge in [-0.15, -0.1) is 0 Å². The van der Waals surface area contributed by atoms with Gasteiger partial charge < -0.3 is 14.0 Å². The van der Waals surface area contributed by atoms with Crippen LogP contribution in [0.4, 0.5) is 0 Å². The number of rotatable bonds is 9. The molecule has 1 radical (unpaired) electrons. The number of benzene rings is 2. The van der Waals surface area contributed by atoms with E-state index in [4.69, 9.17) is 10.3 Å². The van der Waals surface area contributed by atoms with E-state index in [1.165, 1.54) is 5.56 Å². The van der Waals surface area contributed by atoms with Crippen LogP contribution in [0, 0.1) is 0 Å². The predicted molar refractivity (Wildman–Crippen MR) is 98.2 cm³/mol. The molecule has 0 aliphatic rings. The molecular formula is C18H20BO3S. The highest BCUT2D eigenvalue weighted by Gasteiger charge is 2.05. The summed E-state index contributed by atoms with van der Waals surface area (Å²) in [4.78, 5) is 0. The molecule has 0 aromatic heterocycles. The van der Waals surface area contributed by atoms with Gasteiger partial charge in [-0.25, -0.2) is 0 Å². The normalized spacial score (nSPS) is 12.7. The van der Waals surface area contributed by atoms with Crippen LogP contribution in [-0.4, -0.2) is 26.7 Å². The monoisotopic (exact) mass is 329 g/mol. The van der Waals surface area contributed by atoms with E-state index in [0.29, 0.717) is 17.9 Å². The first-order chi connectivity index (χ1) is 11.7. The lowest BCUT2D eigenvalue weighted by molar-refractivity contribution is 0.214. The molecule has 0 aliphatic carbocycles. The van der Waals surface area contributed by atoms with E-state index in [9.17, 15) is 5.11 Å². The van der Waals surface area contributed by atoms with Crippen LogP contribution >= 0.6 is 11.9 Å². The van der Waals surface area contributed by atoms with Crippen molar-refractivity contribution in [3.05, 3.63) is 65.7 Å². The summed E-state index contributed by atoms with van der Waals surface area (Å²) < 4.78 is 17.6. The Kier molecular flexibility index (Phi) is 6.50. The molecule has 2 aromatic carbocycles. The summed E-state index contributed by atoms with van der Waals surface area (Å²) in [5.41, 5.74) is 2.13. The molecule has 1 atom stereocenters. The van der Waals surface area contributed by atoms with Crippen LogP contribution in [0.5, 0.6) is 11.5 Å². The second-order valence-electron chi connectivity index (χ2n) is 5.04. The number of ether oxygens (including phenoxy) is 1. The zero-order chi connectivity index (χ0) is 17.2. The van der Waals surface area contributed by atoms with Gasteiger partial charge in [0.25, 0.3) is 0 Å². The number of aryl methyl sites for hydroxylation is 1. The molecular weight excluding hydrogens is 307 g/mol. The molecule has 0 spiro atoms. The van der Waals surface area contributed by atoms with Crippen LogP contribution in [0.2, 0.25) is 0 Å². The van der Waals surface area contributed by atoms with Crippen molar-refractivity contribution in [3.63, 3.8) is 0 Å². The number of hydrogen-bond acceptors (Lipinski definition) is 4. The van der Waals surface area contributed by atoms with E-state index in [0.717, 1.165) is 31.0 Å². The van der Waals surface area contributed by atoms with E-state index in [1.807, 2.05) is 36.4 Å². The van der Waals surface area contributed by atoms with Crippen LogP contribution < -0.4 is 8.92 Å². The summed E-state index contributed by atoms with van der Waals surface area (Å²) in [7, 11) is 2.68. The zero-order valence-electron chi connectivity index (χ0n) is 14.0. The second-order valence-corrected chi connectivity index (χ2v) is 5.40. The Labute approximate surface area is 144 Å². The molecule has 0 aliphatic heterocycles. The fourth-order valence-corrected chi connectivity index (χ4v) is 2.43. The quantitative estimate of drug-likeness (QED) is 0.564. The van der Waals surface area contributed by atoms with E-state index in [-0.39, 0.29) is 0 Å². The first-order valence-corrected chi connectivity index (χ1v) is 8.15. The topological polar surface area (TPSA) is 38.7 Å². The van der Waals surface area contributed by atoms with Gasteiger partial charge in [-0.3, -0.25) is 0 Å². The van der Waals surface area contributed by atoms with E-state index >= 15 is 0 Å². The van der Waals surface area contributed by atoms with Crippen molar-refractivity contribution in [3.8, 4) is 11.5 Å². The van der Waals surface area contributed by atoms with Gasteiger partial charge in [-0.2, -0.15) is 0 Å². The summed E-state index contributed by atoms with van der Waals surface area (Å²) in [6, 6.07) is 15.6. The van der Waals surface area contributed by atoms with Crippen molar-refractivity contribution in [2.45, 2.75) is 18.9 Å². The smallest absolute Gasteiger partial charge is 0.227 e. The van der Waals surface area contributed by atoms with Crippen molar-refractivity contribution >= 4 is 25.1 Å². The second kappa shape index (κ2) is 9.33. The van der Waals surface area contributed by atoms with Crippen molar-refractivity contribution in [1.29, 1.82) is 1.34 Å². The molecule has 2 rings (SSSR count). The van der Waals surface area contributed by atoms with Crippen LogP contribution in [0.1, 0.15) is 17.5 Å². The van der Waals surface area contributed by atoms with E-state index < -0.39 is 6.10 Å². The Hall–Kier alpha value is -1.85. The first kappa shape index (κ1) is 16.0. The largest absolute Gasteiger partial charge is 0.493 e. The standard InChI is InChI=1S/C18H20BO3S/c1-21-18-13-15(9-12-17(18)22-23-19)8-11-16(20)10-7-14-5-3-2-4-6-14/h2-6,8-9,11-13,16,19-20H,7,10H2,1H3/i19T. The Bertz CT molecular complexity index is 652. The maximum atomic E-state index is 10.1. The molecule has 0 saturated carbocycles. The third-order valence-electron chi connectivity index (χ3n) is 3.41. The van der Waals surface area contributed by atoms with Gasteiger partial charge in [-0.1, -0.05) is 48.6 Å². The maximum absolute atomic E-state index is 10.1. The summed E-state index contributed by atoms with van der Waals surface area (Å²) in [6.07, 6.45) is 4.66. The van der Waals surface area contributed by atoms with Crippen molar-refractivity contribution in [2.75, 3.05) is 7.11 Å². The molecule has 0 heterocycles. The lowest BCUT2D eigenvalue weighted by Gasteiger charge is -2.09. The van der Waals surface area contributed by atoms with Gasteiger partial charge in [0.1, 0.15) is 0 Å². The van der Waals surface area contributed by atoms with Gasteiger partial charge in [-0.05, 0) is 49.3 Å². The SMILES string of the molecule is [3H][B]SOc1ccc(C=CC(O)CCc2ccccc2)cc1OC. The minimum absolute atomic E-state index is 0.499. The van der Waals surface area contributed by atoms with Gasteiger partial charge >= 0.3 is 0 Å². The molecule has 3 nitrogen and oxygen atoms in total. The molecule has 0 bridgehead atoms. The highest BCUT2D eigenvalue weighted by molar-refractivity contribution is 8.16. The predicted octanol–water partition coefficient (Wildman–Crippen LogP) is 3.54. The molecule has 0 fully saturated rings.